The molecule has 1 aliphatic heterocycles. The highest BCUT2D eigenvalue weighted by Crippen LogP contribution is 2.24. The van der Waals surface area contributed by atoms with Crippen LogP contribution in [0.25, 0.3) is 0 Å². The lowest BCUT2D eigenvalue weighted by molar-refractivity contribution is -0.132. The molecule has 21 heavy (non-hydrogen) atoms. The molecule has 0 unspecified atom stereocenters. The number of nitrogens with zero attached hydrogens (tertiary/aromatic N) is 2. The molecule has 1 aromatic rings. The molecule has 1 saturated heterocycles. The molecule has 3 rings (SSSR count). The Hall–Kier alpha value is -1.35. The number of hydrogen-bond donors (Lipinski definition) is 0. The molecule has 0 aromatic heterocycles. The van der Waals surface area contributed by atoms with E-state index in [1.807, 2.05) is 4.90 Å². The van der Waals surface area contributed by atoms with Crippen LogP contribution < -0.4 is 0 Å². The average Bonchev–Trinajstić information content (AvgIpc) is 3.04. The second-order valence-corrected chi connectivity index (χ2v) is 6.52. The van der Waals surface area contributed by atoms with E-state index in [4.69, 9.17) is 0 Å². The number of carbonyl (C=O) groups excluding carboxylic acids is 1. The molecular weight excluding hydrogens is 260 g/mol. The van der Waals surface area contributed by atoms with Gasteiger partial charge in [0.25, 0.3) is 0 Å². The highest BCUT2D eigenvalue weighted by atomic mass is 16.2. The van der Waals surface area contributed by atoms with Gasteiger partial charge in [-0.05, 0) is 25.3 Å². The number of rotatable bonds is 3. The van der Waals surface area contributed by atoms with Gasteiger partial charge in [0.15, 0.2) is 0 Å². The maximum absolute atomic E-state index is 12.4. The van der Waals surface area contributed by atoms with Gasteiger partial charge in [-0.2, -0.15) is 0 Å². The second kappa shape index (κ2) is 6.61. The lowest BCUT2D eigenvalue weighted by Gasteiger charge is -2.38. The molecule has 3 nitrogen and oxygen atoms in total. The first kappa shape index (κ1) is 14.6. The number of amides is 1. The standard InChI is InChI=1S/C18H26N2O/c1-15-6-8-16(9-7-15)14-18(21)20-12-10-19(11-13-20)17-4-2-3-5-17/h6-9,17H,2-5,10-14H2,1H3. The Kier molecular flexibility index (Phi) is 4.59. The van der Waals surface area contributed by atoms with E-state index in [1.165, 1.54) is 31.2 Å². The summed E-state index contributed by atoms with van der Waals surface area (Å²) in [5.41, 5.74) is 2.38. The van der Waals surface area contributed by atoms with Gasteiger partial charge in [-0.15, -0.1) is 0 Å². The van der Waals surface area contributed by atoms with Crippen LogP contribution in [0.2, 0.25) is 0 Å². The van der Waals surface area contributed by atoms with Crippen LogP contribution in [0.1, 0.15) is 36.8 Å². The Balaban J connectivity index is 1.49. The lowest BCUT2D eigenvalue weighted by atomic mass is 10.1. The van der Waals surface area contributed by atoms with Crippen LogP contribution >= 0.6 is 0 Å². The minimum absolute atomic E-state index is 0.282. The third-order valence-electron chi connectivity index (χ3n) is 4.98. The molecule has 1 saturated carbocycles. The van der Waals surface area contributed by atoms with E-state index in [1.54, 1.807) is 0 Å². The predicted octanol–water partition coefficient (Wildman–Crippen LogP) is 2.62. The van der Waals surface area contributed by atoms with Crippen molar-refractivity contribution < 1.29 is 4.79 Å². The number of carbonyl (C=O) groups is 1. The molecule has 1 heterocycles. The van der Waals surface area contributed by atoms with Crippen molar-refractivity contribution in [3.05, 3.63) is 35.4 Å². The molecule has 3 heteroatoms. The summed E-state index contributed by atoms with van der Waals surface area (Å²) in [5.74, 6) is 0.282. The van der Waals surface area contributed by atoms with Crippen molar-refractivity contribution >= 4 is 5.91 Å². The van der Waals surface area contributed by atoms with Crippen molar-refractivity contribution in [3.63, 3.8) is 0 Å². The summed E-state index contributed by atoms with van der Waals surface area (Å²) >= 11 is 0. The van der Waals surface area contributed by atoms with Crippen molar-refractivity contribution in [2.45, 2.75) is 45.1 Å². The van der Waals surface area contributed by atoms with Gasteiger partial charge in [0.05, 0.1) is 6.42 Å². The first-order chi connectivity index (χ1) is 10.2. The van der Waals surface area contributed by atoms with E-state index in [0.29, 0.717) is 6.42 Å². The van der Waals surface area contributed by atoms with Gasteiger partial charge >= 0.3 is 0 Å². The van der Waals surface area contributed by atoms with Gasteiger partial charge in [0.1, 0.15) is 0 Å². The number of benzene rings is 1. The van der Waals surface area contributed by atoms with Crippen molar-refractivity contribution in [1.29, 1.82) is 0 Å². The summed E-state index contributed by atoms with van der Waals surface area (Å²) in [6.45, 7) is 6.00. The molecule has 0 bridgehead atoms. The fraction of sp³-hybridized carbons (Fsp3) is 0.611. The molecule has 0 spiro atoms. The van der Waals surface area contributed by atoms with Gasteiger partial charge < -0.3 is 4.90 Å². The molecule has 0 N–H and O–H groups in total. The molecule has 2 fully saturated rings. The van der Waals surface area contributed by atoms with E-state index in [-0.39, 0.29) is 5.91 Å². The third kappa shape index (κ3) is 3.65. The maximum atomic E-state index is 12.4. The largest absolute Gasteiger partial charge is 0.340 e. The van der Waals surface area contributed by atoms with Crippen LogP contribution in [0.4, 0.5) is 0 Å². The third-order valence-corrected chi connectivity index (χ3v) is 4.98. The molecule has 1 amide bonds. The molecule has 0 atom stereocenters. The molecule has 114 valence electrons. The van der Waals surface area contributed by atoms with E-state index >= 15 is 0 Å². The van der Waals surface area contributed by atoms with Crippen molar-refractivity contribution in [3.8, 4) is 0 Å². The van der Waals surface area contributed by atoms with E-state index < -0.39 is 0 Å². The predicted molar refractivity (Wildman–Crippen MR) is 85.3 cm³/mol. The first-order valence-electron chi connectivity index (χ1n) is 8.30. The summed E-state index contributed by atoms with van der Waals surface area (Å²) in [5, 5.41) is 0. The zero-order valence-electron chi connectivity index (χ0n) is 13.1. The topological polar surface area (TPSA) is 23.6 Å². The highest BCUT2D eigenvalue weighted by molar-refractivity contribution is 5.78. The molecule has 0 radical (unpaired) electrons. The molecule has 2 aliphatic rings. The van der Waals surface area contributed by atoms with Crippen LogP contribution in [0.3, 0.4) is 0 Å². The Morgan fingerprint density at radius 3 is 2.29 bits per heavy atom. The van der Waals surface area contributed by atoms with Crippen LogP contribution in [-0.4, -0.2) is 47.9 Å². The minimum Gasteiger partial charge on any atom is -0.340 e. The molecule has 1 aliphatic carbocycles. The van der Waals surface area contributed by atoms with Crippen LogP contribution in [0.15, 0.2) is 24.3 Å². The van der Waals surface area contributed by atoms with E-state index in [9.17, 15) is 4.79 Å². The average molecular weight is 286 g/mol. The van der Waals surface area contributed by atoms with Gasteiger partial charge in [-0.3, -0.25) is 9.69 Å². The summed E-state index contributed by atoms with van der Waals surface area (Å²) in [6.07, 6.45) is 6.03. The van der Waals surface area contributed by atoms with Crippen LogP contribution in [-0.2, 0) is 11.2 Å². The van der Waals surface area contributed by atoms with Gasteiger partial charge in [-0.25, -0.2) is 0 Å². The lowest BCUT2D eigenvalue weighted by Crippen LogP contribution is -2.51. The van der Waals surface area contributed by atoms with Crippen molar-refractivity contribution in [2.75, 3.05) is 26.2 Å². The monoisotopic (exact) mass is 286 g/mol. The number of piperazine rings is 1. The van der Waals surface area contributed by atoms with E-state index in [2.05, 4.69) is 36.1 Å². The Morgan fingerprint density at radius 1 is 1.05 bits per heavy atom. The van der Waals surface area contributed by atoms with Gasteiger partial charge in [0.2, 0.25) is 5.91 Å². The number of hydrogen-bond acceptors (Lipinski definition) is 2. The fourth-order valence-corrected chi connectivity index (χ4v) is 3.60. The van der Waals surface area contributed by atoms with Gasteiger partial charge in [0, 0.05) is 32.2 Å². The molecule has 1 aromatic carbocycles. The minimum atomic E-state index is 0.282. The Labute approximate surface area is 127 Å². The van der Waals surface area contributed by atoms with Crippen LogP contribution in [0.5, 0.6) is 0 Å². The number of aryl methyl sites for hydroxylation is 1. The zero-order valence-corrected chi connectivity index (χ0v) is 13.1. The SMILES string of the molecule is Cc1ccc(CC(=O)N2CCN(C3CCCC3)CC2)cc1. The Morgan fingerprint density at radius 2 is 1.67 bits per heavy atom. The van der Waals surface area contributed by atoms with Gasteiger partial charge in [-0.1, -0.05) is 42.7 Å². The van der Waals surface area contributed by atoms with Crippen molar-refractivity contribution in [2.24, 2.45) is 0 Å². The van der Waals surface area contributed by atoms with E-state index in [0.717, 1.165) is 37.8 Å². The Bertz CT molecular complexity index is 468. The smallest absolute Gasteiger partial charge is 0.227 e. The normalized spacial score (nSPS) is 20.9. The summed E-state index contributed by atoms with van der Waals surface area (Å²) in [7, 11) is 0. The maximum Gasteiger partial charge on any atom is 0.227 e. The second-order valence-electron chi connectivity index (χ2n) is 6.52. The molecular formula is C18H26N2O. The van der Waals surface area contributed by atoms with Crippen LogP contribution in [0, 0.1) is 6.92 Å². The summed E-state index contributed by atoms with van der Waals surface area (Å²) in [4.78, 5) is 17.0. The first-order valence-corrected chi connectivity index (χ1v) is 8.30. The zero-order chi connectivity index (χ0) is 14.7. The fourth-order valence-electron chi connectivity index (χ4n) is 3.60. The summed E-state index contributed by atoms with van der Waals surface area (Å²) < 4.78 is 0. The quantitative estimate of drug-likeness (QED) is 0.853. The summed E-state index contributed by atoms with van der Waals surface area (Å²) in [6, 6.07) is 9.10. The van der Waals surface area contributed by atoms with Crippen molar-refractivity contribution in [1.82, 2.24) is 9.80 Å². The highest BCUT2D eigenvalue weighted by Gasteiger charge is 2.27.